The Kier molecular flexibility index (Phi) is 10.1. The molecule has 1 spiro atoms. The minimum atomic E-state index is -0.669. The second-order valence-corrected chi connectivity index (χ2v) is 16.9. The van der Waals surface area contributed by atoms with Crippen molar-refractivity contribution >= 4 is 45.9 Å². The van der Waals surface area contributed by atoms with Crippen LogP contribution in [0.3, 0.4) is 0 Å². The van der Waals surface area contributed by atoms with E-state index in [1.807, 2.05) is 35.4 Å². The number of carbonyl (C=O) groups excluding carboxylic acids is 3. The van der Waals surface area contributed by atoms with Gasteiger partial charge in [0.1, 0.15) is 11.3 Å². The van der Waals surface area contributed by atoms with E-state index in [0.29, 0.717) is 60.1 Å². The van der Waals surface area contributed by atoms with Crippen LogP contribution < -0.4 is 15.5 Å². The van der Waals surface area contributed by atoms with E-state index < -0.39 is 11.2 Å². The van der Waals surface area contributed by atoms with Crippen LogP contribution in [-0.2, 0) is 15.0 Å². The minimum Gasteiger partial charge on any atom is -0.350 e. The maximum absolute atomic E-state index is 15.7. The third-order valence-corrected chi connectivity index (χ3v) is 13.0. The number of halogens is 1. The van der Waals surface area contributed by atoms with Gasteiger partial charge in [-0.15, -0.1) is 0 Å². The molecule has 1 aliphatic carbocycles. The first-order valence-corrected chi connectivity index (χ1v) is 20.6. The number of fused-ring (bicyclic) bond motifs is 3. The number of aryl methyl sites for hydroxylation is 1. The predicted octanol–water partition coefficient (Wildman–Crippen LogP) is 7.64. The molecule has 1 saturated carbocycles. The summed E-state index contributed by atoms with van der Waals surface area (Å²) in [6.45, 7) is 14.8. The summed E-state index contributed by atoms with van der Waals surface area (Å²) in [4.78, 5) is 56.8. The molecule has 8 rings (SSSR count). The molecule has 1 atom stereocenters. The Labute approximate surface area is 329 Å². The standard InChI is InChI=1S/C44H55FN8O3/c1-7-28(5)47-42(55)33-23-37(35(45)19-27(33)4)49-41-40-38(46-25-52(40)26(2)3)24-36(48-41)30-11-12-34-39(20-30)53(32-21-31(22-32)51-15-9-8-10-16-51)43(56)44(34)13-17-50(18-14-44)29(6)54/h11-12,19-20,23-26,28,31-32H,7-10,13-18,21-22H2,1-6H3,(H,47,55)(H,48,49)/t28-,31-,32+/m1/s1. The van der Waals surface area contributed by atoms with Crippen LogP contribution in [0.15, 0.2) is 42.7 Å². The summed E-state index contributed by atoms with van der Waals surface area (Å²) in [5.74, 6) is -0.128. The third kappa shape index (κ3) is 6.63. The lowest BCUT2D eigenvalue weighted by atomic mass is 9.73. The van der Waals surface area contributed by atoms with Crippen molar-refractivity contribution in [3.63, 3.8) is 0 Å². The Morgan fingerprint density at radius 2 is 1.71 bits per heavy atom. The van der Waals surface area contributed by atoms with E-state index in [1.54, 1.807) is 26.2 Å². The van der Waals surface area contributed by atoms with E-state index in [0.717, 1.165) is 54.7 Å². The highest BCUT2D eigenvalue weighted by Gasteiger charge is 2.55. The number of imidazole rings is 1. The molecular formula is C44H55FN8O3. The Hall–Kier alpha value is -4.84. The zero-order chi connectivity index (χ0) is 39.5. The molecule has 56 heavy (non-hydrogen) atoms. The largest absolute Gasteiger partial charge is 0.350 e. The Morgan fingerprint density at radius 3 is 2.39 bits per heavy atom. The number of pyridine rings is 1. The van der Waals surface area contributed by atoms with Crippen molar-refractivity contribution in [1.29, 1.82) is 0 Å². The summed E-state index contributed by atoms with van der Waals surface area (Å²) >= 11 is 0. The summed E-state index contributed by atoms with van der Waals surface area (Å²) in [6.07, 6.45) is 9.42. The molecule has 2 saturated heterocycles. The van der Waals surface area contributed by atoms with Crippen LogP contribution in [0.25, 0.3) is 22.3 Å². The van der Waals surface area contributed by atoms with E-state index in [2.05, 4.69) is 46.4 Å². The average molecular weight is 763 g/mol. The summed E-state index contributed by atoms with van der Waals surface area (Å²) in [7, 11) is 0. The quantitative estimate of drug-likeness (QED) is 0.180. The molecule has 2 aromatic heterocycles. The summed E-state index contributed by atoms with van der Waals surface area (Å²) in [5.41, 5.74) is 5.25. The van der Waals surface area contributed by atoms with Gasteiger partial charge in [-0.25, -0.2) is 14.4 Å². The van der Waals surface area contributed by atoms with Crippen molar-refractivity contribution in [3.05, 3.63) is 65.2 Å². The Morgan fingerprint density at radius 1 is 0.982 bits per heavy atom. The van der Waals surface area contributed by atoms with Crippen molar-refractivity contribution in [2.75, 3.05) is 36.4 Å². The molecule has 5 heterocycles. The van der Waals surface area contributed by atoms with Gasteiger partial charge >= 0.3 is 0 Å². The van der Waals surface area contributed by atoms with Gasteiger partial charge in [-0.3, -0.25) is 14.4 Å². The molecule has 4 aliphatic rings. The molecule has 0 bridgehead atoms. The molecule has 2 aromatic carbocycles. The highest BCUT2D eigenvalue weighted by atomic mass is 19.1. The number of amides is 3. The smallest absolute Gasteiger partial charge is 0.251 e. The monoisotopic (exact) mass is 762 g/mol. The van der Waals surface area contributed by atoms with Crippen LogP contribution in [-0.4, -0.2) is 86.4 Å². The van der Waals surface area contributed by atoms with Crippen LogP contribution in [0.5, 0.6) is 0 Å². The Bertz CT molecular complexity index is 2180. The van der Waals surface area contributed by atoms with Gasteiger partial charge in [0.2, 0.25) is 11.8 Å². The zero-order valence-electron chi connectivity index (χ0n) is 33.6. The number of hydrogen-bond acceptors (Lipinski definition) is 7. The molecule has 3 fully saturated rings. The van der Waals surface area contributed by atoms with Crippen molar-refractivity contribution in [2.45, 2.75) is 122 Å². The van der Waals surface area contributed by atoms with Crippen molar-refractivity contribution in [2.24, 2.45) is 0 Å². The number of hydrogen-bond donors (Lipinski definition) is 2. The summed E-state index contributed by atoms with van der Waals surface area (Å²) in [6, 6.07) is 11.8. The number of rotatable bonds is 9. The number of nitrogens with zero attached hydrogens (tertiary/aromatic N) is 6. The van der Waals surface area contributed by atoms with Crippen LogP contribution in [0.1, 0.15) is 114 Å². The fourth-order valence-electron chi connectivity index (χ4n) is 9.38. The van der Waals surface area contributed by atoms with E-state index in [9.17, 15) is 14.4 Å². The third-order valence-electron chi connectivity index (χ3n) is 13.0. The van der Waals surface area contributed by atoms with E-state index in [1.165, 1.54) is 25.3 Å². The maximum Gasteiger partial charge on any atom is 0.251 e. The first-order chi connectivity index (χ1) is 26.9. The molecular weight excluding hydrogens is 708 g/mol. The van der Waals surface area contributed by atoms with Gasteiger partial charge in [0.05, 0.1) is 28.6 Å². The number of nitrogens with one attached hydrogen (secondary N) is 2. The van der Waals surface area contributed by atoms with Gasteiger partial charge in [0, 0.05) is 61.0 Å². The number of aromatic nitrogens is 3. The van der Waals surface area contributed by atoms with Gasteiger partial charge in [-0.1, -0.05) is 25.5 Å². The molecule has 3 amide bonds. The zero-order valence-corrected chi connectivity index (χ0v) is 33.6. The molecule has 0 unspecified atom stereocenters. The lowest BCUT2D eigenvalue weighted by molar-refractivity contribution is -0.134. The van der Waals surface area contributed by atoms with Gasteiger partial charge in [-0.2, -0.15) is 0 Å². The summed E-state index contributed by atoms with van der Waals surface area (Å²) in [5, 5.41) is 6.27. The first kappa shape index (κ1) is 38.1. The van der Waals surface area contributed by atoms with E-state index in [-0.39, 0.29) is 41.5 Å². The predicted molar refractivity (Wildman–Crippen MR) is 218 cm³/mol. The van der Waals surface area contributed by atoms with Gasteiger partial charge in [-0.05, 0) is 121 Å². The number of carbonyl (C=O) groups is 3. The van der Waals surface area contributed by atoms with Gasteiger partial charge in [0.25, 0.3) is 5.91 Å². The van der Waals surface area contributed by atoms with Crippen molar-refractivity contribution < 1.29 is 18.8 Å². The molecule has 4 aromatic rings. The topological polar surface area (TPSA) is 116 Å². The second kappa shape index (κ2) is 14.9. The minimum absolute atomic E-state index is 0.0242. The molecule has 12 heteroatoms. The summed E-state index contributed by atoms with van der Waals surface area (Å²) < 4.78 is 17.8. The molecule has 296 valence electrons. The number of anilines is 3. The fraction of sp³-hybridized carbons (Fsp3) is 0.523. The number of likely N-dealkylation sites (tertiary alicyclic amines) is 2. The van der Waals surface area contributed by atoms with Gasteiger partial charge in [0.15, 0.2) is 5.82 Å². The van der Waals surface area contributed by atoms with Crippen molar-refractivity contribution in [1.82, 2.24) is 29.7 Å². The lowest BCUT2D eigenvalue weighted by Gasteiger charge is -2.48. The van der Waals surface area contributed by atoms with Gasteiger partial charge < -0.3 is 29.9 Å². The fourth-order valence-corrected chi connectivity index (χ4v) is 9.38. The molecule has 11 nitrogen and oxygen atoms in total. The van der Waals surface area contributed by atoms with E-state index in [4.69, 9.17) is 9.97 Å². The molecule has 2 N–H and O–H groups in total. The first-order valence-electron chi connectivity index (χ1n) is 20.6. The van der Waals surface area contributed by atoms with Crippen LogP contribution in [0, 0.1) is 12.7 Å². The lowest BCUT2D eigenvalue weighted by Crippen LogP contribution is -2.58. The highest BCUT2D eigenvalue weighted by Crippen LogP contribution is 2.52. The SMILES string of the molecule is CC[C@@H](C)NC(=O)c1cc(Nc2nc(-c3ccc4c(c3)N([C@H]3C[C@@H](N5CCCCC5)C3)C(=O)C43CCN(C(C)=O)CC3)cc3ncn(C(C)C)c23)c(F)cc1C. The molecule has 0 radical (unpaired) electrons. The van der Waals surface area contributed by atoms with Crippen molar-refractivity contribution in [3.8, 4) is 11.3 Å². The van der Waals surface area contributed by atoms with Crippen LogP contribution in [0.2, 0.25) is 0 Å². The number of piperidine rings is 2. The normalized spacial score (nSPS) is 21.4. The van der Waals surface area contributed by atoms with Crippen LogP contribution in [0.4, 0.5) is 21.6 Å². The van der Waals surface area contributed by atoms with E-state index >= 15 is 4.39 Å². The molecule has 3 aliphatic heterocycles. The maximum atomic E-state index is 15.7. The number of benzene rings is 2. The van der Waals surface area contributed by atoms with Crippen LogP contribution >= 0.6 is 0 Å². The highest BCUT2D eigenvalue weighted by molar-refractivity contribution is 6.09. The second-order valence-electron chi connectivity index (χ2n) is 16.9. The average Bonchev–Trinajstić information content (AvgIpc) is 3.70. The Balaban J connectivity index is 1.18.